The van der Waals surface area contributed by atoms with Crippen LogP contribution in [0.4, 0.5) is 5.69 Å². The molecule has 0 aliphatic heterocycles. The lowest BCUT2D eigenvalue weighted by molar-refractivity contribution is -0.138. The molecule has 0 bridgehead atoms. The minimum absolute atomic E-state index is 0.237. The Morgan fingerprint density at radius 1 is 1.50 bits per heavy atom. The predicted molar refractivity (Wildman–Crippen MR) is 69.8 cm³/mol. The highest BCUT2D eigenvalue weighted by Gasteiger charge is 1.98. The van der Waals surface area contributed by atoms with Crippen LogP contribution in [0.3, 0.4) is 0 Å². The lowest BCUT2D eigenvalue weighted by Crippen LogP contribution is -2.18. The molecule has 1 aromatic carbocycles. The molecule has 0 aliphatic carbocycles. The van der Waals surface area contributed by atoms with Crippen molar-refractivity contribution in [3.8, 4) is 0 Å². The summed E-state index contributed by atoms with van der Waals surface area (Å²) in [6, 6.07) is 7.00. The van der Waals surface area contributed by atoms with E-state index in [-0.39, 0.29) is 6.61 Å². The zero-order chi connectivity index (χ0) is 13.4. The van der Waals surface area contributed by atoms with E-state index in [1.54, 1.807) is 36.3 Å². The van der Waals surface area contributed by atoms with Gasteiger partial charge in [-0.2, -0.15) is 0 Å². The van der Waals surface area contributed by atoms with Crippen LogP contribution in [0.1, 0.15) is 0 Å². The standard InChI is InChI=1S/C12H14ClN3O2/c1-3-12(17)18-9-8-16(2)15-14-11-6-4-10(13)5-7-11/h3-7H,1,8-9H2,2H3. The van der Waals surface area contributed by atoms with Gasteiger partial charge in [-0.05, 0) is 24.3 Å². The Hall–Kier alpha value is -1.88. The van der Waals surface area contributed by atoms with Gasteiger partial charge >= 0.3 is 5.97 Å². The summed E-state index contributed by atoms with van der Waals surface area (Å²) in [6.45, 7) is 3.99. The van der Waals surface area contributed by atoms with Crippen molar-refractivity contribution >= 4 is 23.3 Å². The summed E-state index contributed by atoms with van der Waals surface area (Å²) in [6.07, 6.45) is 1.12. The topological polar surface area (TPSA) is 54.3 Å². The fourth-order valence-electron chi connectivity index (χ4n) is 1.02. The second-order valence-electron chi connectivity index (χ2n) is 3.42. The molecule has 96 valence electrons. The van der Waals surface area contributed by atoms with Crippen molar-refractivity contribution in [3.05, 3.63) is 41.9 Å². The number of hydrogen-bond donors (Lipinski definition) is 0. The van der Waals surface area contributed by atoms with E-state index in [0.29, 0.717) is 17.3 Å². The summed E-state index contributed by atoms with van der Waals surface area (Å²) in [5.41, 5.74) is 0.703. The largest absolute Gasteiger partial charge is 0.461 e. The molecule has 0 aliphatic rings. The number of hydrogen-bond acceptors (Lipinski definition) is 4. The highest BCUT2D eigenvalue weighted by Crippen LogP contribution is 2.16. The maximum atomic E-state index is 10.8. The molecule has 0 atom stereocenters. The van der Waals surface area contributed by atoms with Crippen LogP contribution in [-0.2, 0) is 9.53 Å². The third-order valence-corrected chi connectivity index (χ3v) is 2.22. The number of carbonyl (C=O) groups excluding carboxylic acids is 1. The summed E-state index contributed by atoms with van der Waals surface area (Å²) < 4.78 is 4.81. The minimum Gasteiger partial charge on any atom is -0.461 e. The summed E-state index contributed by atoms with van der Waals surface area (Å²) in [4.78, 5) is 10.8. The van der Waals surface area contributed by atoms with E-state index in [9.17, 15) is 4.79 Å². The molecule has 1 rings (SSSR count). The second kappa shape index (κ2) is 7.45. The van der Waals surface area contributed by atoms with Crippen LogP contribution in [-0.4, -0.2) is 31.2 Å². The molecule has 0 heterocycles. The number of carbonyl (C=O) groups is 1. The fourth-order valence-corrected chi connectivity index (χ4v) is 1.14. The van der Waals surface area contributed by atoms with E-state index >= 15 is 0 Å². The van der Waals surface area contributed by atoms with Gasteiger partial charge in [0.05, 0.1) is 12.2 Å². The molecule has 0 saturated carbocycles. The van der Waals surface area contributed by atoms with Gasteiger partial charge in [-0.1, -0.05) is 23.4 Å². The van der Waals surface area contributed by atoms with Gasteiger partial charge in [-0.15, -0.1) is 5.11 Å². The van der Waals surface area contributed by atoms with Gasteiger partial charge in [0.25, 0.3) is 0 Å². The summed E-state index contributed by atoms with van der Waals surface area (Å²) in [5, 5.41) is 10.2. The maximum Gasteiger partial charge on any atom is 0.330 e. The molecule has 0 N–H and O–H groups in total. The zero-order valence-electron chi connectivity index (χ0n) is 10.0. The highest BCUT2D eigenvalue weighted by molar-refractivity contribution is 6.30. The van der Waals surface area contributed by atoms with Crippen molar-refractivity contribution in [2.45, 2.75) is 0 Å². The molecule has 0 saturated heterocycles. The molecule has 6 heteroatoms. The summed E-state index contributed by atoms with van der Waals surface area (Å²) in [7, 11) is 1.74. The molecule has 5 nitrogen and oxygen atoms in total. The zero-order valence-corrected chi connectivity index (χ0v) is 10.8. The van der Waals surface area contributed by atoms with Gasteiger partial charge in [0.15, 0.2) is 0 Å². The van der Waals surface area contributed by atoms with Gasteiger partial charge in [0.1, 0.15) is 6.61 Å². The maximum absolute atomic E-state index is 10.8. The predicted octanol–water partition coefficient (Wildman–Crippen LogP) is 3.00. The number of esters is 1. The molecule has 0 unspecified atom stereocenters. The molecule has 18 heavy (non-hydrogen) atoms. The first kappa shape index (κ1) is 14.2. The van der Waals surface area contributed by atoms with Crippen molar-refractivity contribution in [2.75, 3.05) is 20.2 Å². The van der Waals surface area contributed by atoms with Crippen molar-refractivity contribution in [3.63, 3.8) is 0 Å². The van der Waals surface area contributed by atoms with E-state index in [4.69, 9.17) is 16.3 Å². The Balaban J connectivity index is 2.35. The summed E-state index contributed by atoms with van der Waals surface area (Å²) >= 11 is 5.75. The monoisotopic (exact) mass is 267 g/mol. The highest BCUT2D eigenvalue weighted by atomic mass is 35.5. The van der Waals surface area contributed by atoms with Gasteiger partial charge in [0.2, 0.25) is 0 Å². The first-order valence-corrected chi connectivity index (χ1v) is 5.67. The smallest absolute Gasteiger partial charge is 0.330 e. The van der Waals surface area contributed by atoms with E-state index in [0.717, 1.165) is 6.08 Å². The van der Waals surface area contributed by atoms with E-state index < -0.39 is 5.97 Å². The molecular weight excluding hydrogens is 254 g/mol. The van der Waals surface area contributed by atoms with Crippen LogP contribution < -0.4 is 0 Å². The van der Waals surface area contributed by atoms with Crippen molar-refractivity contribution < 1.29 is 9.53 Å². The second-order valence-corrected chi connectivity index (χ2v) is 3.86. The number of ether oxygens (including phenoxy) is 1. The van der Waals surface area contributed by atoms with E-state index in [2.05, 4.69) is 16.9 Å². The van der Waals surface area contributed by atoms with Gasteiger partial charge in [0, 0.05) is 18.1 Å². The first-order valence-electron chi connectivity index (χ1n) is 5.29. The number of halogens is 1. The average molecular weight is 268 g/mol. The van der Waals surface area contributed by atoms with Crippen LogP contribution in [0.5, 0.6) is 0 Å². The molecule has 0 spiro atoms. The quantitative estimate of drug-likeness (QED) is 0.345. The van der Waals surface area contributed by atoms with Crippen LogP contribution in [0.15, 0.2) is 47.3 Å². The van der Waals surface area contributed by atoms with Gasteiger partial charge in [-0.3, -0.25) is 5.01 Å². The molecule has 0 radical (unpaired) electrons. The summed E-state index contributed by atoms with van der Waals surface area (Å²) in [5.74, 6) is -0.446. The first-order chi connectivity index (χ1) is 8.61. The Kier molecular flexibility index (Phi) is 5.87. The van der Waals surface area contributed by atoms with Crippen molar-refractivity contribution in [2.24, 2.45) is 10.3 Å². The van der Waals surface area contributed by atoms with E-state index in [1.807, 2.05) is 0 Å². The minimum atomic E-state index is -0.446. The van der Waals surface area contributed by atoms with Crippen LogP contribution in [0, 0.1) is 0 Å². The Labute approximate surface area is 111 Å². The number of nitrogens with zero attached hydrogens (tertiary/aromatic N) is 3. The molecule has 0 fully saturated rings. The lowest BCUT2D eigenvalue weighted by atomic mass is 10.3. The molecule has 0 aromatic heterocycles. The van der Waals surface area contributed by atoms with Crippen molar-refractivity contribution in [1.82, 2.24) is 5.01 Å². The Morgan fingerprint density at radius 2 is 2.17 bits per heavy atom. The normalized spacial score (nSPS) is 10.3. The van der Waals surface area contributed by atoms with Gasteiger partial charge in [-0.25, -0.2) is 4.79 Å². The molecule has 1 aromatic rings. The number of likely N-dealkylation sites (N-methyl/N-ethyl adjacent to an activating group) is 1. The van der Waals surface area contributed by atoms with Crippen LogP contribution in [0.25, 0.3) is 0 Å². The van der Waals surface area contributed by atoms with Crippen LogP contribution in [0.2, 0.25) is 5.02 Å². The molecular formula is C12H14ClN3O2. The Bertz CT molecular complexity index is 431. The average Bonchev–Trinajstić information content (AvgIpc) is 2.38. The van der Waals surface area contributed by atoms with Gasteiger partial charge < -0.3 is 4.74 Å². The number of benzene rings is 1. The fraction of sp³-hybridized carbons (Fsp3) is 0.250. The lowest BCUT2D eigenvalue weighted by Gasteiger charge is -2.10. The SMILES string of the molecule is C=CC(=O)OCCN(C)N=Nc1ccc(Cl)cc1. The third-order valence-electron chi connectivity index (χ3n) is 1.97. The third kappa shape index (κ3) is 5.45. The number of rotatable bonds is 6. The molecule has 0 amide bonds. The van der Waals surface area contributed by atoms with Crippen molar-refractivity contribution in [1.29, 1.82) is 0 Å². The van der Waals surface area contributed by atoms with E-state index in [1.165, 1.54) is 0 Å². The Morgan fingerprint density at radius 3 is 2.78 bits per heavy atom. The van der Waals surface area contributed by atoms with Crippen LogP contribution >= 0.6 is 11.6 Å².